The number of carbonyl (C=O) groups is 2. The summed E-state index contributed by atoms with van der Waals surface area (Å²) in [5, 5.41) is 0. The predicted molar refractivity (Wildman–Crippen MR) is 98.1 cm³/mol. The Kier molecular flexibility index (Phi) is 4.45. The van der Waals surface area contributed by atoms with Crippen LogP contribution in [0.1, 0.15) is 24.0 Å². The minimum absolute atomic E-state index is 0.130. The quantitative estimate of drug-likeness (QED) is 0.747. The largest absolute Gasteiger partial charge is 0.416 e. The molecule has 0 bridgehead atoms. The average Bonchev–Trinajstić information content (AvgIpc) is 3.28. The van der Waals surface area contributed by atoms with Gasteiger partial charge in [0.2, 0.25) is 0 Å². The van der Waals surface area contributed by atoms with E-state index in [4.69, 9.17) is 0 Å². The second kappa shape index (κ2) is 6.82. The van der Waals surface area contributed by atoms with E-state index in [-0.39, 0.29) is 5.69 Å². The molecule has 0 radical (unpaired) electrons. The SMILES string of the molecule is O=C1C(c2ccccc2)=C(N2CCCC2)C(=O)N1c1ccc(C(F)(F)F)cc1. The minimum Gasteiger partial charge on any atom is -0.366 e. The molecule has 0 unspecified atom stereocenters. The molecule has 2 aromatic carbocycles. The van der Waals surface area contributed by atoms with E-state index < -0.39 is 23.6 Å². The number of anilines is 1. The van der Waals surface area contributed by atoms with Crippen LogP contribution in [-0.2, 0) is 15.8 Å². The van der Waals surface area contributed by atoms with Crippen LogP contribution in [0, 0.1) is 0 Å². The van der Waals surface area contributed by atoms with Crippen molar-refractivity contribution in [2.24, 2.45) is 0 Å². The van der Waals surface area contributed by atoms with E-state index in [9.17, 15) is 22.8 Å². The van der Waals surface area contributed by atoms with E-state index in [0.29, 0.717) is 29.9 Å². The smallest absolute Gasteiger partial charge is 0.366 e. The van der Waals surface area contributed by atoms with E-state index in [2.05, 4.69) is 0 Å². The highest BCUT2D eigenvalue weighted by atomic mass is 19.4. The van der Waals surface area contributed by atoms with Gasteiger partial charge in [0.25, 0.3) is 11.8 Å². The first-order valence-electron chi connectivity index (χ1n) is 8.98. The van der Waals surface area contributed by atoms with Crippen molar-refractivity contribution >= 4 is 23.1 Å². The standard InChI is InChI=1S/C21H17F3N2O2/c22-21(23,24)15-8-10-16(11-9-15)26-19(27)17(14-6-2-1-3-7-14)18(20(26)28)25-12-4-5-13-25/h1-3,6-11H,4-5,12-13H2. The van der Waals surface area contributed by atoms with Crippen LogP contribution in [0.2, 0.25) is 0 Å². The molecule has 0 aliphatic carbocycles. The lowest BCUT2D eigenvalue weighted by atomic mass is 10.0. The molecule has 0 saturated carbocycles. The molecule has 2 amide bonds. The zero-order valence-electron chi connectivity index (χ0n) is 14.9. The number of benzene rings is 2. The van der Waals surface area contributed by atoms with Crippen molar-refractivity contribution in [3.8, 4) is 0 Å². The molecule has 0 spiro atoms. The first-order valence-corrected chi connectivity index (χ1v) is 8.98. The molecule has 4 nitrogen and oxygen atoms in total. The van der Waals surface area contributed by atoms with Crippen molar-refractivity contribution in [1.82, 2.24) is 4.90 Å². The van der Waals surface area contributed by atoms with Gasteiger partial charge in [0, 0.05) is 13.1 Å². The number of halogens is 3. The number of rotatable bonds is 3. The van der Waals surface area contributed by atoms with Crippen molar-refractivity contribution < 1.29 is 22.8 Å². The Morgan fingerprint density at radius 1 is 0.786 bits per heavy atom. The second-order valence-electron chi connectivity index (χ2n) is 6.77. The van der Waals surface area contributed by atoms with Gasteiger partial charge in [-0.2, -0.15) is 13.2 Å². The van der Waals surface area contributed by atoms with Crippen LogP contribution in [0.15, 0.2) is 60.3 Å². The monoisotopic (exact) mass is 386 g/mol. The Bertz CT molecular complexity index is 944. The van der Waals surface area contributed by atoms with Gasteiger partial charge in [-0.25, -0.2) is 4.90 Å². The molecule has 7 heteroatoms. The van der Waals surface area contributed by atoms with Gasteiger partial charge in [0.15, 0.2) is 0 Å². The molecule has 2 heterocycles. The summed E-state index contributed by atoms with van der Waals surface area (Å²) in [7, 11) is 0. The maximum absolute atomic E-state index is 13.2. The van der Waals surface area contributed by atoms with Crippen LogP contribution < -0.4 is 4.90 Å². The summed E-state index contributed by atoms with van der Waals surface area (Å²) in [5.41, 5.74) is 0.551. The van der Waals surface area contributed by atoms with Crippen molar-refractivity contribution in [3.63, 3.8) is 0 Å². The Labute approximate surface area is 159 Å². The Hall–Kier alpha value is -3.09. The van der Waals surface area contributed by atoms with Crippen LogP contribution in [0.25, 0.3) is 5.57 Å². The lowest BCUT2D eigenvalue weighted by Gasteiger charge is -2.20. The first kappa shape index (κ1) is 18.3. The van der Waals surface area contributed by atoms with Crippen molar-refractivity contribution in [2.75, 3.05) is 18.0 Å². The van der Waals surface area contributed by atoms with Crippen LogP contribution >= 0.6 is 0 Å². The fourth-order valence-electron chi connectivity index (χ4n) is 3.65. The zero-order valence-corrected chi connectivity index (χ0v) is 14.9. The molecule has 2 aromatic rings. The summed E-state index contributed by atoms with van der Waals surface area (Å²) >= 11 is 0. The van der Waals surface area contributed by atoms with Gasteiger partial charge in [-0.05, 0) is 42.7 Å². The first-order chi connectivity index (χ1) is 13.4. The molecule has 0 N–H and O–H groups in total. The highest BCUT2D eigenvalue weighted by Crippen LogP contribution is 2.37. The molecule has 1 fully saturated rings. The van der Waals surface area contributed by atoms with E-state index >= 15 is 0 Å². The lowest BCUT2D eigenvalue weighted by Crippen LogP contribution is -2.34. The van der Waals surface area contributed by atoms with Gasteiger partial charge >= 0.3 is 6.18 Å². The van der Waals surface area contributed by atoms with E-state index in [1.807, 2.05) is 11.0 Å². The summed E-state index contributed by atoms with van der Waals surface area (Å²) in [6.07, 6.45) is -2.63. The fourth-order valence-corrected chi connectivity index (χ4v) is 3.65. The lowest BCUT2D eigenvalue weighted by molar-refractivity contribution is -0.137. The average molecular weight is 386 g/mol. The highest BCUT2D eigenvalue weighted by molar-refractivity contribution is 6.45. The van der Waals surface area contributed by atoms with Gasteiger partial charge in [-0.1, -0.05) is 30.3 Å². The minimum atomic E-state index is -4.48. The van der Waals surface area contributed by atoms with Crippen LogP contribution in [0.3, 0.4) is 0 Å². The Balaban J connectivity index is 1.76. The number of alkyl halides is 3. The van der Waals surface area contributed by atoms with Gasteiger partial charge in [0.05, 0.1) is 16.8 Å². The van der Waals surface area contributed by atoms with Gasteiger partial charge in [-0.3, -0.25) is 9.59 Å². The topological polar surface area (TPSA) is 40.6 Å². The molecular formula is C21H17F3N2O2. The zero-order chi connectivity index (χ0) is 19.9. The van der Waals surface area contributed by atoms with Crippen molar-refractivity contribution in [3.05, 3.63) is 71.4 Å². The normalized spacial score (nSPS) is 17.8. The maximum atomic E-state index is 13.2. The Morgan fingerprint density at radius 3 is 1.96 bits per heavy atom. The van der Waals surface area contributed by atoms with Gasteiger partial charge in [-0.15, -0.1) is 0 Å². The number of carbonyl (C=O) groups excluding carboxylic acids is 2. The highest BCUT2D eigenvalue weighted by Gasteiger charge is 2.43. The van der Waals surface area contributed by atoms with Gasteiger partial charge < -0.3 is 4.90 Å². The second-order valence-corrected chi connectivity index (χ2v) is 6.77. The number of likely N-dealkylation sites (tertiary alicyclic amines) is 1. The van der Waals surface area contributed by atoms with Crippen LogP contribution in [0.4, 0.5) is 18.9 Å². The van der Waals surface area contributed by atoms with E-state index in [0.717, 1.165) is 42.0 Å². The molecule has 4 rings (SSSR count). The molecule has 1 saturated heterocycles. The summed E-state index contributed by atoms with van der Waals surface area (Å²) < 4.78 is 38.5. The molecule has 2 aliphatic rings. The number of nitrogens with zero attached hydrogens (tertiary/aromatic N) is 2. The Morgan fingerprint density at radius 2 is 1.39 bits per heavy atom. The molecule has 2 aliphatic heterocycles. The molecule has 144 valence electrons. The van der Waals surface area contributed by atoms with Crippen LogP contribution in [0.5, 0.6) is 0 Å². The van der Waals surface area contributed by atoms with E-state index in [1.54, 1.807) is 24.3 Å². The number of hydrogen-bond donors (Lipinski definition) is 0. The maximum Gasteiger partial charge on any atom is 0.416 e. The van der Waals surface area contributed by atoms with Gasteiger partial charge in [0.1, 0.15) is 5.70 Å². The van der Waals surface area contributed by atoms with Crippen molar-refractivity contribution in [2.45, 2.75) is 19.0 Å². The van der Waals surface area contributed by atoms with Crippen LogP contribution in [-0.4, -0.2) is 29.8 Å². The summed E-state index contributed by atoms with van der Waals surface area (Å²) in [6.45, 7) is 1.34. The predicted octanol–water partition coefficient (Wildman–Crippen LogP) is 4.09. The fraction of sp³-hybridized carbons (Fsp3) is 0.238. The summed E-state index contributed by atoms with van der Waals surface area (Å²) in [6, 6.07) is 13.0. The summed E-state index contributed by atoms with van der Waals surface area (Å²) in [5.74, 6) is -1.01. The third kappa shape index (κ3) is 3.06. The third-order valence-corrected chi connectivity index (χ3v) is 5.00. The summed E-state index contributed by atoms with van der Waals surface area (Å²) in [4.78, 5) is 29.2. The molecule has 0 atom stereocenters. The van der Waals surface area contributed by atoms with Crippen molar-refractivity contribution in [1.29, 1.82) is 0 Å². The molecule has 28 heavy (non-hydrogen) atoms. The third-order valence-electron chi connectivity index (χ3n) is 5.00. The van der Waals surface area contributed by atoms with E-state index in [1.165, 1.54) is 0 Å². The number of hydrogen-bond acceptors (Lipinski definition) is 3. The molecule has 0 aromatic heterocycles. The number of amides is 2. The number of imide groups is 1. The molecular weight excluding hydrogens is 369 g/mol.